The minimum Gasteiger partial charge on any atom is -0.337 e. The van der Waals surface area contributed by atoms with Gasteiger partial charge in [-0.05, 0) is 56.5 Å². The Morgan fingerprint density at radius 3 is 2.87 bits per heavy atom. The van der Waals surface area contributed by atoms with Crippen molar-refractivity contribution in [1.82, 2.24) is 14.5 Å². The molecule has 5 nitrogen and oxygen atoms in total. The van der Waals surface area contributed by atoms with Gasteiger partial charge in [-0.2, -0.15) is 0 Å². The molecule has 3 rings (SSSR count). The highest BCUT2D eigenvalue weighted by Crippen LogP contribution is 2.19. The summed E-state index contributed by atoms with van der Waals surface area (Å²) in [6, 6.07) is 7.92. The summed E-state index contributed by atoms with van der Waals surface area (Å²) in [5.74, 6) is 0.754. The van der Waals surface area contributed by atoms with Gasteiger partial charge in [-0.1, -0.05) is 12.1 Å². The number of rotatable bonds is 5. The van der Waals surface area contributed by atoms with Crippen LogP contribution in [0.15, 0.2) is 43.0 Å². The van der Waals surface area contributed by atoms with Crippen LogP contribution in [-0.2, 0) is 11.3 Å². The number of anilines is 1. The summed E-state index contributed by atoms with van der Waals surface area (Å²) in [6.07, 6.45) is 7.99. The van der Waals surface area contributed by atoms with E-state index in [0.717, 1.165) is 43.7 Å². The summed E-state index contributed by atoms with van der Waals surface area (Å²) >= 11 is 0. The molecule has 0 aliphatic carbocycles. The molecule has 0 radical (unpaired) electrons. The highest BCUT2D eigenvalue weighted by atomic mass is 16.2. The molecule has 1 aliphatic rings. The average Bonchev–Trinajstić information content (AvgIpc) is 3.02. The van der Waals surface area contributed by atoms with Gasteiger partial charge >= 0.3 is 0 Å². The fraction of sp³-hybridized carbons (Fsp3) is 0.444. The Hall–Kier alpha value is -2.14. The smallest absolute Gasteiger partial charge is 0.238 e. The van der Waals surface area contributed by atoms with Crippen molar-refractivity contribution in [3.63, 3.8) is 0 Å². The molecule has 1 fully saturated rings. The summed E-state index contributed by atoms with van der Waals surface area (Å²) in [7, 11) is 0. The molecule has 1 aromatic carbocycles. The number of aryl methyl sites for hydroxylation is 1. The minimum absolute atomic E-state index is 0.0728. The van der Waals surface area contributed by atoms with Crippen molar-refractivity contribution >= 4 is 11.6 Å². The van der Waals surface area contributed by atoms with Crippen LogP contribution < -0.4 is 5.32 Å². The molecule has 0 saturated carbocycles. The zero-order valence-corrected chi connectivity index (χ0v) is 13.6. The molecule has 1 aliphatic heterocycles. The molecule has 2 heterocycles. The van der Waals surface area contributed by atoms with Crippen molar-refractivity contribution < 1.29 is 4.79 Å². The Bertz CT molecular complexity index is 630. The lowest BCUT2D eigenvalue weighted by Gasteiger charge is -2.31. The molecular formula is C18H24N4O. The minimum atomic E-state index is 0.0728. The van der Waals surface area contributed by atoms with E-state index in [1.165, 1.54) is 0 Å². The number of hydrogen-bond donors (Lipinski definition) is 1. The van der Waals surface area contributed by atoms with Crippen LogP contribution in [0.25, 0.3) is 0 Å². The first-order chi connectivity index (χ1) is 11.2. The van der Waals surface area contributed by atoms with Crippen LogP contribution in [0.5, 0.6) is 0 Å². The molecule has 0 atom stereocenters. The van der Waals surface area contributed by atoms with Gasteiger partial charge in [-0.15, -0.1) is 0 Å². The quantitative estimate of drug-likeness (QED) is 0.923. The number of benzene rings is 1. The lowest BCUT2D eigenvalue weighted by molar-refractivity contribution is -0.117. The molecule has 1 N–H and O–H groups in total. The van der Waals surface area contributed by atoms with Gasteiger partial charge in [0.05, 0.1) is 12.9 Å². The van der Waals surface area contributed by atoms with E-state index in [4.69, 9.17) is 0 Å². The summed E-state index contributed by atoms with van der Waals surface area (Å²) < 4.78 is 2.14. The van der Waals surface area contributed by atoms with Crippen LogP contribution >= 0.6 is 0 Å². The molecule has 1 aromatic heterocycles. The zero-order valence-electron chi connectivity index (χ0n) is 13.6. The van der Waals surface area contributed by atoms with Gasteiger partial charge in [0.15, 0.2) is 0 Å². The van der Waals surface area contributed by atoms with Crippen molar-refractivity contribution in [3.05, 3.63) is 48.5 Å². The molecule has 5 heteroatoms. The van der Waals surface area contributed by atoms with E-state index in [2.05, 4.69) is 19.8 Å². The molecular weight excluding hydrogens is 288 g/mol. The Labute approximate surface area is 137 Å². The van der Waals surface area contributed by atoms with E-state index in [9.17, 15) is 4.79 Å². The number of piperidine rings is 1. The van der Waals surface area contributed by atoms with Gasteiger partial charge in [0.25, 0.3) is 0 Å². The van der Waals surface area contributed by atoms with Gasteiger partial charge in [0.1, 0.15) is 0 Å². The Morgan fingerprint density at radius 2 is 2.17 bits per heavy atom. The maximum absolute atomic E-state index is 12.2. The summed E-state index contributed by atoms with van der Waals surface area (Å²) in [5, 5.41) is 2.98. The third-order valence-corrected chi connectivity index (χ3v) is 4.40. The van der Waals surface area contributed by atoms with Crippen LogP contribution in [0.1, 0.15) is 18.4 Å². The van der Waals surface area contributed by atoms with Crippen LogP contribution in [0.2, 0.25) is 0 Å². The first-order valence-electron chi connectivity index (χ1n) is 8.23. The second kappa shape index (κ2) is 7.42. The maximum atomic E-state index is 12.2. The highest BCUT2D eigenvalue weighted by molar-refractivity contribution is 5.92. The number of aromatic nitrogens is 2. The van der Waals surface area contributed by atoms with Crippen molar-refractivity contribution in [2.75, 3.05) is 25.0 Å². The number of hydrogen-bond acceptors (Lipinski definition) is 3. The third kappa shape index (κ3) is 4.66. The van der Waals surface area contributed by atoms with Gasteiger partial charge in [0.2, 0.25) is 5.91 Å². The molecule has 2 aromatic rings. The largest absolute Gasteiger partial charge is 0.337 e. The number of imidazole rings is 1. The molecule has 23 heavy (non-hydrogen) atoms. The van der Waals surface area contributed by atoms with Crippen molar-refractivity contribution in [2.45, 2.75) is 26.3 Å². The lowest BCUT2D eigenvalue weighted by atomic mass is 9.97. The molecule has 1 saturated heterocycles. The Morgan fingerprint density at radius 1 is 1.35 bits per heavy atom. The van der Waals surface area contributed by atoms with Crippen LogP contribution in [0, 0.1) is 12.8 Å². The lowest BCUT2D eigenvalue weighted by Crippen LogP contribution is -2.39. The third-order valence-electron chi connectivity index (χ3n) is 4.40. The molecule has 0 unspecified atom stereocenters. The summed E-state index contributed by atoms with van der Waals surface area (Å²) in [6.45, 7) is 5.51. The van der Waals surface area contributed by atoms with Gasteiger partial charge in [-0.25, -0.2) is 4.98 Å². The Kier molecular flexibility index (Phi) is 5.08. The first kappa shape index (κ1) is 15.7. The second-order valence-electron chi connectivity index (χ2n) is 6.40. The van der Waals surface area contributed by atoms with Crippen molar-refractivity contribution in [3.8, 4) is 0 Å². The van der Waals surface area contributed by atoms with Crippen molar-refractivity contribution in [2.24, 2.45) is 5.92 Å². The molecule has 1 amide bonds. The van der Waals surface area contributed by atoms with Gasteiger partial charge < -0.3 is 9.88 Å². The normalized spacial score (nSPS) is 16.4. The van der Waals surface area contributed by atoms with E-state index in [1.54, 1.807) is 0 Å². The van der Waals surface area contributed by atoms with Gasteiger partial charge in [-0.3, -0.25) is 9.69 Å². The Balaban J connectivity index is 1.42. The number of nitrogens with zero attached hydrogens (tertiary/aromatic N) is 3. The summed E-state index contributed by atoms with van der Waals surface area (Å²) in [4.78, 5) is 18.5. The fourth-order valence-electron chi connectivity index (χ4n) is 3.15. The van der Waals surface area contributed by atoms with E-state index >= 15 is 0 Å². The van der Waals surface area contributed by atoms with Crippen LogP contribution in [-0.4, -0.2) is 40.0 Å². The van der Waals surface area contributed by atoms with E-state index in [0.29, 0.717) is 12.5 Å². The predicted molar refractivity (Wildman–Crippen MR) is 91.2 cm³/mol. The SMILES string of the molecule is Cc1cccc(NC(=O)CN2CCC(Cn3ccnc3)CC2)c1. The molecule has 0 bridgehead atoms. The molecule has 122 valence electrons. The van der Waals surface area contributed by atoms with E-state index in [1.807, 2.05) is 49.9 Å². The van der Waals surface area contributed by atoms with Gasteiger partial charge in [0, 0.05) is 24.6 Å². The second-order valence-corrected chi connectivity index (χ2v) is 6.40. The van der Waals surface area contributed by atoms with E-state index in [-0.39, 0.29) is 5.91 Å². The fourth-order valence-corrected chi connectivity index (χ4v) is 3.15. The monoisotopic (exact) mass is 312 g/mol. The average molecular weight is 312 g/mol. The number of amides is 1. The predicted octanol–water partition coefficient (Wildman–Crippen LogP) is 2.54. The topological polar surface area (TPSA) is 50.2 Å². The zero-order chi connectivity index (χ0) is 16.1. The first-order valence-corrected chi connectivity index (χ1v) is 8.23. The standard InChI is InChI=1S/C18H24N4O/c1-15-3-2-4-17(11-15)20-18(23)13-21-8-5-16(6-9-21)12-22-10-7-19-14-22/h2-4,7,10-11,14,16H,5-6,8-9,12-13H2,1H3,(H,20,23). The number of carbonyl (C=O) groups excluding carboxylic acids is 1. The maximum Gasteiger partial charge on any atom is 0.238 e. The van der Waals surface area contributed by atoms with Crippen LogP contribution in [0.4, 0.5) is 5.69 Å². The highest BCUT2D eigenvalue weighted by Gasteiger charge is 2.21. The number of carbonyl (C=O) groups is 1. The number of nitrogens with one attached hydrogen (secondary N) is 1. The summed E-state index contributed by atoms with van der Waals surface area (Å²) in [5.41, 5.74) is 2.04. The van der Waals surface area contributed by atoms with E-state index < -0.39 is 0 Å². The van der Waals surface area contributed by atoms with Crippen LogP contribution in [0.3, 0.4) is 0 Å². The van der Waals surface area contributed by atoms with Crippen molar-refractivity contribution in [1.29, 1.82) is 0 Å². The number of likely N-dealkylation sites (tertiary alicyclic amines) is 1. The molecule has 0 spiro atoms.